The van der Waals surface area contributed by atoms with Gasteiger partial charge in [-0.2, -0.15) is 27.1 Å². The highest BCUT2D eigenvalue weighted by atomic mass is 19.4. The molecular weight excluding hydrogens is 640 g/mol. The lowest BCUT2D eigenvalue weighted by Gasteiger charge is -2.23. The van der Waals surface area contributed by atoms with E-state index in [4.69, 9.17) is 17.9 Å². The highest BCUT2D eigenvalue weighted by Crippen LogP contribution is 2.49. The highest BCUT2D eigenvalue weighted by molar-refractivity contribution is 5.94. The number of carbonyl (C=O) groups excluding carboxylic acids is 2. The number of nitrogens with one attached hydrogen (secondary N) is 1. The van der Waals surface area contributed by atoms with Gasteiger partial charge in [-0.25, -0.2) is 13.2 Å². The first kappa shape index (κ1) is 32.9. The van der Waals surface area contributed by atoms with Crippen LogP contribution in [0.1, 0.15) is 44.6 Å². The monoisotopic (exact) mass is 662 g/mol. The Balaban J connectivity index is 1.58. The predicted octanol–water partition coefficient (Wildman–Crippen LogP) is 5.06. The molecule has 0 spiro atoms. The number of carbonyl (C=O) groups is 2. The zero-order valence-corrected chi connectivity index (χ0v) is 23.8. The van der Waals surface area contributed by atoms with Gasteiger partial charge < -0.3 is 16.8 Å². The number of pyridine rings is 1. The Morgan fingerprint density at radius 1 is 1.11 bits per heavy atom. The van der Waals surface area contributed by atoms with Gasteiger partial charge in [0, 0.05) is 17.2 Å². The Morgan fingerprint density at radius 3 is 2.40 bits per heavy atom. The van der Waals surface area contributed by atoms with E-state index in [1.807, 2.05) is 0 Å². The standard InChI is InChI=1S/C31H22F8N6O2/c1-2-16-9-22-27(31(37,38)39)44-45(28(22)30(16,35)36)13-25(46)43-24(7-14-5-17(32)10-18(33)6-14)26-20(11-19(40)12-42-26)15-3-4-23(34)21(8-15)29(41)47/h1,3-6,8,10-12,16,24H,7,9,13,40H2,(H2,41,47)(H,43,46). The molecule has 0 fully saturated rings. The highest BCUT2D eigenvalue weighted by Gasteiger charge is 2.55. The van der Waals surface area contributed by atoms with Gasteiger partial charge in [0.15, 0.2) is 5.69 Å². The van der Waals surface area contributed by atoms with Crippen LogP contribution in [0.5, 0.6) is 0 Å². The van der Waals surface area contributed by atoms with Crippen molar-refractivity contribution in [3.8, 4) is 23.5 Å². The minimum Gasteiger partial charge on any atom is -0.397 e. The van der Waals surface area contributed by atoms with E-state index in [9.17, 15) is 35.9 Å². The number of rotatable bonds is 8. The SMILES string of the molecule is C#CC1Cc2c(C(F)(F)F)nn(CC(=O)NC(Cc3cc(F)cc(F)c3)c3ncc(N)cc3-c3ccc(F)c(C(N)=O)c3)c2C1(F)F. The van der Waals surface area contributed by atoms with E-state index in [1.165, 1.54) is 12.1 Å². The number of amides is 2. The Labute approximate surface area is 260 Å². The predicted molar refractivity (Wildman–Crippen MR) is 151 cm³/mol. The Kier molecular flexibility index (Phi) is 8.44. The van der Waals surface area contributed by atoms with E-state index in [-0.39, 0.29) is 32.8 Å². The average Bonchev–Trinajstić information content (AvgIpc) is 3.46. The maximum atomic E-state index is 15.1. The van der Waals surface area contributed by atoms with E-state index >= 15 is 8.78 Å². The third-order valence-electron chi connectivity index (χ3n) is 7.49. The number of terminal acetylenes is 1. The lowest BCUT2D eigenvalue weighted by atomic mass is 9.94. The maximum absolute atomic E-state index is 15.1. The van der Waals surface area contributed by atoms with Crippen molar-refractivity contribution >= 4 is 17.5 Å². The first-order valence-electron chi connectivity index (χ1n) is 13.6. The Morgan fingerprint density at radius 2 is 1.79 bits per heavy atom. The van der Waals surface area contributed by atoms with Gasteiger partial charge in [0.25, 0.3) is 5.91 Å². The van der Waals surface area contributed by atoms with Crippen molar-refractivity contribution in [3.05, 3.63) is 99.9 Å². The number of alkyl halides is 5. The summed E-state index contributed by atoms with van der Waals surface area (Å²) in [5.74, 6) is -9.24. The molecule has 2 unspecified atom stereocenters. The number of anilines is 1. The van der Waals surface area contributed by atoms with Crippen LogP contribution in [-0.2, 0) is 36.3 Å². The first-order chi connectivity index (χ1) is 22.0. The van der Waals surface area contributed by atoms with Crippen molar-refractivity contribution in [1.82, 2.24) is 20.1 Å². The molecule has 2 aromatic heterocycles. The van der Waals surface area contributed by atoms with Gasteiger partial charge in [-0.05, 0) is 54.3 Å². The van der Waals surface area contributed by atoms with E-state index in [0.717, 1.165) is 30.5 Å². The van der Waals surface area contributed by atoms with Gasteiger partial charge >= 0.3 is 12.1 Å². The molecule has 0 saturated carbocycles. The fourth-order valence-corrected chi connectivity index (χ4v) is 5.51. The number of aromatic nitrogens is 3. The molecule has 2 amide bonds. The van der Waals surface area contributed by atoms with Crippen molar-refractivity contribution in [2.24, 2.45) is 11.7 Å². The molecule has 2 atom stereocenters. The summed E-state index contributed by atoms with van der Waals surface area (Å²) >= 11 is 0. The van der Waals surface area contributed by atoms with Crippen molar-refractivity contribution in [1.29, 1.82) is 0 Å². The third kappa shape index (κ3) is 6.46. The van der Waals surface area contributed by atoms with Crippen LogP contribution in [0.3, 0.4) is 0 Å². The molecule has 4 aromatic rings. The minimum atomic E-state index is -5.14. The molecule has 0 radical (unpaired) electrons. The number of halogens is 8. The summed E-state index contributed by atoms with van der Waals surface area (Å²) < 4.78 is 114. The van der Waals surface area contributed by atoms with Crippen LogP contribution in [0.25, 0.3) is 11.1 Å². The van der Waals surface area contributed by atoms with Crippen LogP contribution in [0, 0.1) is 35.7 Å². The summed E-state index contributed by atoms with van der Waals surface area (Å²) in [7, 11) is 0. The zero-order valence-electron chi connectivity index (χ0n) is 23.8. The summed E-state index contributed by atoms with van der Waals surface area (Å²) in [5.41, 5.74) is 7.27. The second-order valence-electron chi connectivity index (χ2n) is 10.7. The maximum Gasteiger partial charge on any atom is 0.435 e. The molecule has 244 valence electrons. The van der Waals surface area contributed by atoms with Crippen LogP contribution in [0.2, 0.25) is 0 Å². The molecule has 0 saturated heterocycles. The van der Waals surface area contributed by atoms with Gasteiger partial charge in [0.1, 0.15) is 29.7 Å². The number of nitrogens with zero attached hydrogens (tertiary/aromatic N) is 3. The number of hydrogen-bond donors (Lipinski definition) is 3. The summed E-state index contributed by atoms with van der Waals surface area (Å²) in [6.07, 6.45) is -0.0565. The molecule has 2 aromatic carbocycles. The number of nitrogen functional groups attached to an aromatic ring is 1. The molecule has 2 heterocycles. The van der Waals surface area contributed by atoms with Gasteiger partial charge in [-0.15, -0.1) is 6.42 Å². The second kappa shape index (κ2) is 12.0. The van der Waals surface area contributed by atoms with Gasteiger partial charge in [0.05, 0.1) is 35.1 Å². The molecule has 8 nitrogen and oxygen atoms in total. The number of nitrogens with two attached hydrogens (primary N) is 2. The van der Waals surface area contributed by atoms with Gasteiger partial charge in [-0.3, -0.25) is 19.3 Å². The second-order valence-corrected chi connectivity index (χ2v) is 10.7. The normalized spacial score (nSPS) is 15.9. The Hall–Kier alpha value is -5.46. The van der Waals surface area contributed by atoms with E-state index in [2.05, 4.69) is 15.4 Å². The number of hydrogen-bond acceptors (Lipinski definition) is 5. The molecule has 5 rings (SSSR count). The zero-order chi connectivity index (χ0) is 34.4. The molecular formula is C31H22F8N6O2. The fraction of sp³-hybridized carbons (Fsp3) is 0.226. The van der Waals surface area contributed by atoms with E-state index in [1.54, 1.807) is 5.92 Å². The number of benzene rings is 2. The summed E-state index contributed by atoms with van der Waals surface area (Å²) in [6.45, 7) is -1.15. The Bertz CT molecular complexity index is 1930. The molecule has 0 bridgehead atoms. The van der Waals surface area contributed by atoms with Crippen LogP contribution < -0.4 is 16.8 Å². The molecule has 5 N–H and O–H groups in total. The van der Waals surface area contributed by atoms with Crippen LogP contribution in [0.15, 0.2) is 48.7 Å². The van der Waals surface area contributed by atoms with Crippen molar-refractivity contribution in [3.63, 3.8) is 0 Å². The number of fused-ring (bicyclic) bond motifs is 1. The van der Waals surface area contributed by atoms with Crippen molar-refractivity contribution in [2.75, 3.05) is 5.73 Å². The largest absolute Gasteiger partial charge is 0.435 e. The van der Waals surface area contributed by atoms with E-state index < -0.39 is 95.2 Å². The third-order valence-corrected chi connectivity index (χ3v) is 7.49. The molecule has 0 aliphatic heterocycles. The number of primary amides is 1. The van der Waals surface area contributed by atoms with Gasteiger partial charge in [-0.1, -0.05) is 12.0 Å². The fourth-order valence-electron chi connectivity index (χ4n) is 5.51. The summed E-state index contributed by atoms with van der Waals surface area (Å²) in [5, 5.41) is 5.74. The van der Waals surface area contributed by atoms with Crippen molar-refractivity contribution < 1.29 is 44.7 Å². The lowest BCUT2D eigenvalue weighted by molar-refractivity contribution is -0.142. The van der Waals surface area contributed by atoms with Crippen LogP contribution in [0.4, 0.5) is 40.8 Å². The topological polar surface area (TPSA) is 129 Å². The molecule has 1 aliphatic rings. The smallest absolute Gasteiger partial charge is 0.397 e. The lowest BCUT2D eigenvalue weighted by Crippen LogP contribution is -2.35. The molecule has 16 heteroatoms. The molecule has 1 aliphatic carbocycles. The minimum absolute atomic E-state index is 0.0166. The van der Waals surface area contributed by atoms with E-state index in [0.29, 0.717) is 6.07 Å². The summed E-state index contributed by atoms with van der Waals surface area (Å²) in [4.78, 5) is 29.5. The first-order valence-corrected chi connectivity index (χ1v) is 13.6. The van der Waals surface area contributed by atoms with Gasteiger partial charge in [0.2, 0.25) is 5.91 Å². The quantitative estimate of drug-likeness (QED) is 0.180. The average molecular weight is 663 g/mol. The van der Waals surface area contributed by atoms with Crippen molar-refractivity contribution in [2.45, 2.75) is 37.5 Å². The van der Waals surface area contributed by atoms with Crippen LogP contribution in [-0.4, -0.2) is 26.6 Å². The molecule has 47 heavy (non-hydrogen) atoms. The summed E-state index contributed by atoms with van der Waals surface area (Å²) in [6, 6.07) is 5.70. The van der Waals surface area contributed by atoms with Crippen LogP contribution >= 0.6 is 0 Å².